The van der Waals surface area contributed by atoms with Gasteiger partial charge in [0.2, 0.25) is 0 Å². The fraction of sp³-hybridized carbons (Fsp3) is 0.481. The quantitative estimate of drug-likeness (QED) is 0.391. The molecule has 0 saturated heterocycles. The molecule has 0 bridgehead atoms. The van der Waals surface area contributed by atoms with E-state index in [1.807, 2.05) is 0 Å². The minimum atomic E-state index is -4.48. The number of amidine groups is 1. The highest BCUT2D eigenvalue weighted by Crippen LogP contribution is 2.40. The summed E-state index contributed by atoms with van der Waals surface area (Å²) >= 11 is 3.35. The number of alkyl carbamates (subject to hydrolysis) is 1. The number of nitrogens with zero attached hydrogens (tertiary/aromatic N) is 2. The zero-order valence-electron chi connectivity index (χ0n) is 23.5. The number of carbonyl (C=O) groups is 1. The van der Waals surface area contributed by atoms with Crippen LogP contribution in [0.3, 0.4) is 0 Å². The molecule has 220 valence electrons. The van der Waals surface area contributed by atoms with Gasteiger partial charge in [-0.2, -0.15) is 8.42 Å². The number of carbonyl (C=O) groups excluding carboxylic acids is 1. The molecule has 0 spiro atoms. The van der Waals surface area contributed by atoms with Crippen LogP contribution in [0.1, 0.15) is 58.2 Å². The second kappa shape index (κ2) is 11.1. The third-order valence-corrected chi connectivity index (χ3v) is 11.3. The van der Waals surface area contributed by atoms with Gasteiger partial charge in [0.15, 0.2) is 0 Å². The van der Waals surface area contributed by atoms with Gasteiger partial charge in [-0.1, -0.05) is 33.6 Å². The summed E-state index contributed by atoms with van der Waals surface area (Å²) in [7, 11) is -7.77. The molecule has 1 amide bonds. The van der Waals surface area contributed by atoms with Crippen LogP contribution in [0.5, 0.6) is 0 Å². The Bertz CT molecular complexity index is 1590. The Labute approximate surface area is 244 Å². The summed E-state index contributed by atoms with van der Waals surface area (Å²) in [4.78, 5) is 17.2. The van der Waals surface area contributed by atoms with E-state index in [1.54, 1.807) is 66.7 Å². The third-order valence-electron chi connectivity index (χ3n) is 6.51. The number of benzene rings is 2. The normalized spacial score (nSPS) is 22.8. The largest absolute Gasteiger partial charge is 0.444 e. The van der Waals surface area contributed by atoms with Gasteiger partial charge in [-0.3, -0.25) is 14.9 Å². The second-order valence-corrected chi connectivity index (χ2v) is 16.6. The average Bonchev–Trinajstić information content (AvgIpc) is 2.77. The summed E-state index contributed by atoms with van der Waals surface area (Å²) in [5, 5.41) is 2.63. The van der Waals surface area contributed by atoms with E-state index in [0.29, 0.717) is 10.0 Å². The van der Waals surface area contributed by atoms with Gasteiger partial charge in [0.05, 0.1) is 26.9 Å². The molecule has 0 radical (unpaired) electrons. The molecule has 13 heteroatoms. The number of ether oxygens (including phenoxy) is 1. The lowest BCUT2D eigenvalue weighted by molar-refractivity contribution is 0.0560. The summed E-state index contributed by atoms with van der Waals surface area (Å²) in [5.74, 6) is -0.707. The van der Waals surface area contributed by atoms with Crippen molar-refractivity contribution in [1.29, 1.82) is 0 Å². The van der Waals surface area contributed by atoms with Crippen molar-refractivity contribution in [2.75, 3.05) is 12.3 Å². The van der Waals surface area contributed by atoms with Gasteiger partial charge >= 0.3 is 6.09 Å². The Balaban J connectivity index is 2.13. The van der Waals surface area contributed by atoms with Gasteiger partial charge in [0.25, 0.3) is 10.1 Å². The van der Waals surface area contributed by atoms with Gasteiger partial charge in [0, 0.05) is 10.0 Å². The zero-order valence-corrected chi connectivity index (χ0v) is 26.8. The molecule has 0 unspecified atom stereocenters. The van der Waals surface area contributed by atoms with Crippen molar-refractivity contribution in [3.63, 3.8) is 0 Å². The lowest BCUT2D eigenvalue weighted by Crippen LogP contribution is -2.58. The first-order valence-corrected chi connectivity index (χ1v) is 16.4. The first-order valence-electron chi connectivity index (χ1n) is 12.5. The molecule has 2 N–H and O–H groups in total. The van der Waals surface area contributed by atoms with Crippen LogP contribution in [-0.4, -0.2) is 51.8 Å². The van der Waals surface area contributed by atoms with E-state index in [0.717, 1.165) is 5.56 Å². The summed E-state index contributed by atoms with van der Waals surface area (Å²) in [6, 6.07) is 8.86. The predicted molar refractivity (Wildman–Crippen MR) is 157 cm³/mol. The molecule has 1 heterocycles. The van der Waals surface area contributed by atoms with Crippen LogP contribution in [0.25, 0.3) is 0 Å². The number of amides is 1. The van der Waals surface area contributed by atoms with Crippen molar-refractivity contribution in [2.24, 2.45) is 9.36 Å². The van der Waals surface area contributed by atoms with Crippen molar-refractivity contribution >= 4 is 47.7 Å². The maximum Gasteiger partial charge on any atom is 0.413 e. The number of rotatable bonds is 5. The van der Waals surface area contributed by atoms with Gasteiger partial charge in [-0.15, -0.1) is 0 Å². The SMILES string of the molecule is Cc1ccc(S(=O)(=O)O)c(CCN=[S@]2(=O)C[C@@](C)(c3cc(Br)ccc3F)N=C(NC(=O)OC(C)(C)C)C2(C)C)c1. The molecule has 0 aromatic heterocycles. The Morgan fingerprint density at radius 1 is 1.23 bits per heavy atom. The molecular weight excluding hydrogens is 625 g/mol. The van der Waals surface area contributed by atoms with E-state index < -0.39 is 47.6 Å². The average molecular weight is 661 g/mol. The van der Waals surface area contributed by atoms with Crippen molar-refractivity contribution < 1.29 is 31.1 Å². The molecule has 0 aliphatic carbocycles. The number of aryl methyl sites for hydroxylation is 1. The van der Waals surface area contributed by atoms with Gasteiger partial charge in [0.1, 0.15) is 27.5 Å². The minimum absolute atomic E-state index is 0.0257. The summed E-state index contributed by atoms with van der Waals surface area (Å²) < 4.78 is 72.6. The molecule has 3 rings (SSSR count). The highest BCUT2D eigenvalue weighted by molar-refractivity contribution is 9.10. The molecule has 0 fully saturated rings. The fourth-order valence-corrected chi connectivity index (χ4v) is 8.06. The van der Waals surface area contributed by atoms with Crippen molar-refractivity contribution in [2.45, 2.75) is 75.7 Å². The highest BCUT2D eigenvalue weighted by atomic mass is 79.9. The van der Waals surface area contributed by atoms with Crippen LogP contribution in [0.2, 0.25) is 0 Å². The third kappa shape index (κ3) is 7.10. The fourth-order valence-electron chi connectivity index (χ4n) is 4.43. The highest BCUT2D eigenvalue weighted by Gasteiger charge is 2.49. The van der Waals surface area contributed by atoms with Crippen LogP contribution >= 0.6 is 15.9 Å². The van der Waals surface area contributed by atoms with Crippen molar-refractivity contribution in [1.82, 2.24) is 5.32 Å². The Morgan fingerprint density at radius 2 is 1.88 bits per heavy atom. The van der Waals surface area contributed by atoms with Crippen LogP contribution in [0.4, 0.5) is 9.18 Å². The molecule has 1 aliphatic rings. The lowest BCUT2D eigenvalue weighted by Gasteiger charge is -2.42. The maximum absolute atomic E-state index is 15.1. The molecule has 2 aromatic carbocycles. The van der Waals surface area contributed by atoms with Crippen LogP contribution < -0.4 is 5.32 Å². The molecular formula is C27H35BrFN3O6S2. The van der Waals surface area contributed by atoms with E-state index in [2.05, 4.69) is 25.6 Å². The number of nitrogens with one attached hydrogen (secondary N) is 1. The topological polar surface area (TPSA) is 134 Å². The smallest absolute Gasteiger partial charge is 0.413 e. The first kappa shape index (κ1) is 32.2. The van der Waals surface area contributed by atoms with E-state index in [1.165, 1.54) is 18.2 Å². The van der Waals surface area contributed by atoms with E-state index in [9.17, 15) is 22.0 Å². The van der Waals surface area contributed by atoms with Crippen molar-refractivity contribution in [3.8, 4) is 0 Å². The van der Waals surface area contributed by atoms with Gasteiger partial charge < -0.3 is 4.74 Å². The first-order chi connectivity index (χ1) is 18.2. The number of aliphatic imine (C=N–C) groups is 1. The van der Waals surface area contributed by atoms with Crippen LogP contribution in [-0.2, 0) is 36.5 Å². The van der Waals surface area contributed by atoms with Crippen LogP contribution in [0, 0.1) is 12.7 Å². The second-order valence-electron chi connectivity index (χ2n) is 11.5. The number of hydrogen-bond donors (Lipinski definition) is 2. The summed E-state index contributed by atoms with van der Waals surface area (Å²) in [6.45, 7) is 11.7. The molecule has 0 saturated carbocycles. The van der Waals surface area contributed by atoms with Crippen molar-refractivity contribution in [3.05, 3.63) is 63.4 Å². The van der Waals surface area contributed by atoms with Crippen LogP contribution in [0.15, 0.2) is 55.1 Å². The monoisotopic (exact) mass is 659 g/mol. The number of halogens is 2. The molecule has 2 aromatic rings. The molecule has 9 nitrogen and oxygen atoms in total. The Kier molecular flexibility index (Phi) is 8.96. The molecule has 40 heavy (non-hydrogen) atoms. The maximum atomic E-state index is 15.1. The standard InChI is InChI=1S/C27H35BrFN3O6S2/c1-17-8-11-22(40(35,36)37)18(14-17)12-13-30-39(34)16-27(7,20-15-19(28)9-10-21(20)29)32-23(26(39,5)6)31-24(33)38-25(2,3)4/h8-11,14-15H,12-13,16H2,1-7H3,(H,31,32,33)(H,35,36,37)/t27-,39-/m0/s1. The van der Waals surface area contributed by atoms with E-state index >= 15 is 4.39 Å². The van der Waals surface area contributed by atoms with E-state index in [4.69, 9.17) is 9.73 Å². The number of hydrogen-bond acceptors (Lipinski definition) is 7. The molecule has 2 atom stereocenters. The zero-order chi connectivity index (χ0) is 30.3. The predicted octanol–water partition coefficient (Wildman–Crippen LogP) is 5.78. The van der Waals surface area contributed by atoms with E-state index in [-0.39, 0.29) is 35.0 Å². The molecule has 1 aliphatic heterocycles. The van der Waals surface area contributed by atoms with Gasteiger partial charge in [-0.05, 0) is 84.7 Å². The summed E-state index contributed by atoms with van der Waals surface area (Å²) in [6.07, 6.45) is -0.741. The lowest BCUT2D eigenvalue weighted by atomic mass is 9.93. The Hall–Kier alpha value is -2.35. The Morgan fingerprint density at radius 3 is 2.48 bits per heavy atom. The summed E-state index contributed by atoms with van der Waals surface area (Å²) in [5.41, 5.74) is -0.927. The minimum Gasteiger partial charge on any atom is -0.444 e. The van der Waals surface area contributed by atoms with Gasteiger partial charge in [-0.25, -0.2) is 17.8 Å².